The van der Waals surface area contributed by atoms with Gasteiger partial charge in [0.15, 0.2) is 0 Å². The fourth-order valence-electron chi connectivity index (χ4n) is 4.32. The predicted molar refractivity (Wildman–Crippen MR) is 119 cm³/mol. The Morgan fingerprint density at radius 1 is 0.667 bits per heavy atom. The number of hydrogen-bond acceptors (Lipinski definition) is 0. The van der Waals surface area contributed by atoms with Crippen molar-refractivity contribution >= 4 is 32.3 Å². The molecule has 0 aliphatic carbocycles. The molecule has 0 saturated carbocycles. The molecule has 0 N–H and O–H groups in total. The Balaban J connectivity index is 0.00000107. The molecule has 5 aromatic carbocycles. The second-order valence-electron chi connectivity index (χ2n) is 8.00. The number of rotatable bonds is 3. The molecule has 30 heavy (non-hydrogen) atoms. The van der Waals surface area contributed by atoms with E-state index < -0.39 is 0 Å². The minimum absolute atomic E-state index is 0. The van der Waals surface area contributed by atoms with Gasteiger partial charge in [-0.3, -0.25) is 0 Å². The average Bonchev–Trinajstić information content (AvgIpc) is 3.07. The molecule has 1 radical (unpaired) electrons. The van der Waals surface area contributed by atoms with E-state index in [1.54, 1.807) is 0 Å². The molecule has 0 unspecified atom stereocenters. The molecule has 0 bridgehead atoms. The van der Waals surface area contributed by atoms with Crippen molar-refractivity contribution in [2.24, 2.45) is 5.92 Å². The van der Waals surface area contributed by atoms with Gasteiger partial charge < -0.3 is 24.8 Å². The number of benzene rings is 4. The molecule has 149 valence electrons. The van der Waals surface area contributed by atoms with Crippen LogP contribution in [0.2, 0.25) is 0 Å². The van der Waals surface area contributed by atoms with Crippen LogP contribution in [0.15, 0.2) is 84.9 Å². The molecule has 0 aromatic heterocycles. The van der Waals surface area contributed by atoms with Gasteiger partial charge in [-0.2, -0.15) is 6.07 Å². The summed E-state index contributed by atoms with van der Waals surface area (Å²) >= 11 is 0. The predicted octanol–water partition coefficient (Wildman–Crippen LogP) is 1.74. The van der Waals surface area contributed by atoms with Crippen molar-refractivity contribution in [1.29, 1.82) is 0 Å². The summed E-state index contributed by atoms with van der Waals surface area (Å²) in [5.74, 6) is 0.675. The van der Waals surface area contributed by atoms with Crippen molar-refractivity contribution in [1.82, 2.24) is 0 Å². The summed E-state index contributed by atoms with van der Waals surface area (Å²) in [7, 11) is 0. The summed E-state index contributed by atoms with van der Waals surface area (Å²) in [5, 5.41) is 7.95. The molecule has 0 atom stereocenters. The molecular formula is C27H23Cl2Zr. The van der Waals surface area contributed by atoms with Gasteiger partial charge >= 0.3 is 26.2 Å². The van der Waals surface area contributed by atoms with Crippen LogP contribution in [0.1, 0.15) is 19.4 Å². The first-order valence-electron chi connectivity index (χ1n) is 9.79. The number of hydrogen-bond donors (Lipinski definition) is 0. The van der Waals surface area contributed by atoms with Crippen LogP contribution in [0.3, 0.4) is 0 Å². The third-order valence-corrected chi connectivity index (χ3v) is 5.49. The molecule has 0 amide bonds. The van der Waals surface area contributed by atoms with E-state index in [0.29, 0.717) is 5.92 Å². The van der Waals surface area contributed by atoms with Gasteiger partial charge in [0.05, 0.1) is 0 Å². The van der Waals surface area contributed by atoms with E-state index in [4.69, 9.17) is 0 Å². The van der Waals surface area contributed by atoms with E-state index in [1.807, 2.05) is 0 Å². The van der Waals surface area contributed by atoms with Gasteiger partial charge in [0, 0.05) is 0 Å². The SMILES string of the molecule is CC(C)Cc1cc2c(-c3cccc4cc5ccccc5cc34)cccc2[cH-]1.[Cl-].[Cl-].[Zr+3]. The Morgan fingerprint density at radius 3 is 1.97 bits per heavy atom. The molecule has 0 nitrogen and oxygen atoms in total. The summed E-state index contributed by atoms with van der Waals surface area (Å²) < 4.78 is 0. The molecule has 0 heterocycles. The first-order chi connectivity index (χ1) is 13.2. The molecule has 5 rings (SSSR count). The van der Waals surface area contributed by atoms with Gasteiger partial charge in [0.1, 0.15) is 0 Å². The Hall–Kier alpha value is -1.53. The zero-order valence-corrected chi connectivity index (χ0v) is 21.1. The second-order valence-corrected chi connectivity index (χ2v) is 8.00. The normalized spacial score (nSPS) is 10.6. The van der Waals surface area contributed by atoms with Crippen molar-refractivity contribution in [3.05, 3.63) is 90.5 Å². The monoisotopic (exact) mass is 507 g/mol. The Bertz CT molecular complexity index is 1280. The molecule has 0 fully saturated rings. The Labute approximate surface area is 210 Å². The molecule has 0 spiro atoms. The van der Waals surface area contributed by atoms with Crippen molar-refractivity contribution in [2.75, 3.05) is 0 Å². The van der Waals surface area contributed by atoms with Gasteiger partial charge in [-0.1, -0.05) is 67.9 Å². The van der Waals surface area contributed by atoms with Gasteiger partial charge in [0.25, 0.3) is 0 Å². The number of halogens is 2. The van der Waals surface area contributed by atoms with E-state index in [1.165, 1.54) is 49.0 Å². The summed E-state index contributed by atoms with van der Waals surface area (Å²) in [6, 6.07) is 31.4. The molecule has 0 aliphatic heterocycles. The van der Waals surface area contributed by atoms with Crippen LogP contribution in [0.25, 0.3) is 43.4 Å². The molecule has 0 aliphatic rings. The maximum absolute atomic E-state index is 2.39. The van der Waals surface area contributed by atoms with Gasteiger partial charge in [-0.15, -0.1) is 34.5 Å². The van der Waals surface area contributed by atoms with Crippen molar-refractivity contribution in [2.45, 2.75) is 20.3 Å². The zero-order chi connectivity index (χ0) is 18.4. The summed E-state index contributed by atoms with van der Waals surface area (Å²) in [6.07, 6.45) is 1.13. The van der Waals surface area contributed by atoms with Crippen molar-refractivity contribution in [3.8, 4) is 11.1 Å². The molecular weight excluding hydrogens is 486 g/mol. The zero-order valence-electron chi connectivity index (χ0n) is 17.1. The first-order valence-corrected chi connectivity index (χ1v) is 9.79. The van der Waals surface area contributed by atoms with E-state index >= 15 is 0 Å². The Morgan fingerprint density at radius 2 is 1.27 bits per heavy atom. The molecule has 5 aromatic rings. The van der Waals surface area contributed by atoms with Gasteiger partial charge in [-0.05, 0) is 51.6 Å². The van der Waals surface area contributed by atoms with Gasteiger partial charge in [-0.25, -0.2) is 0 Å². The van der Waals surface area contributed by atoms with Crippen molar-refractivity contribution < 1.29 is 51.0 Å². The van der Waals surface area contributed by atoms with Crippen molar-refractivity contribution in [3.63, 3.8) is 0 Å². The van der Waals surface area contributed by atoms with E-state index in [2.05, 4.69) is 98.8 Å². The standard InChI is InChI=1S/C27H23.2ClH.Zr/c1-18(2)13-19-14-22-9-5-11-24(26(22)15-19)25-12-6-10-23-16-20-7-3-4-8-21(20)17-27(23)25;;;/h3-12,14-18H,13H2,1-2H3;2*1H;/q-1;;;+3/p-2. The fourth-order valence-corrected chi connectivity index (χ4v) is 4.32. The fraction of sp³-hybridized carbons (Fsp3) is 0.148. The van der Waals surface area contributed by atoms with Gasteiger partial charge in [0.2, 0.25) is 0 Å². The first kappa shape index (κ1) is 24.7. The number of fused-ring (bicyclic) bond motifs is 3. The quantitative estimate of drug-likeness (QED) is 0.257. The topological polar surface area (TPSA) is 0 Å². The van der Waals surface area contributed by atoms with Crippen LogP contribution in [0.4, 0.5) is 0 Å². The molecule has 0 saturated heterocycles. The van der Waals surface area contributed by atoms with Crippen LogP contribution >= 0.6 is 0 Å². The van der Waals surface area contributed by atoms with Crippen LogP contribution in [-0.4, -0.2) is 0 Å². The summed E-state index contributed by atoms with van der Waals surface area (Å²) in [5.41, 5.74) is 4.10. The van der Waals surface area contributed by atoms with E-state index in [9.17, 15) is 0 Å². The summed E-state index contributed by atoms with van der Waals surface area (Å²) in [6.45, 7) is 4.57. The van der Waals surface area contributed by atoms with Crippen LogP contribution in [-0.2, 0) is 32.6 Å². The maximum Gasteiger partial charge on any atom is 3.00 e. The van der Waals surface area contributed by atoms with E-state index in [0.717, 1.165) is 6.42 Å². The maximum atomic E-state index is 2.39. The third kappa shape index (κ3) is 4.55. The third-order valence-electron chi connectivity index (χ3n) is 5.49. The Kier molecular flexibility index (Phi) is 8.40. The van der Waals surface area contributed by atoms with Crippen LogP contribution in [0.5, 0.6) is 0 Å². The van der Waals surface area contributed by atoms with Crippen LogP contribution < -0.4 is 24.8 Å². The van der Waals surface area contributed by atoms with E-state index in [-0.39, 0.29) is 51.0 Å². The molecule has 3 heteroatoms. The minimum atomic E-state index is 0. The van der Waals surface area contributed by atoms with Crippen LogP contribution in [0, 0.1) is 5.92 Å². The smallest absolute Gasteiger partial charge is 1.00 e. The average molecular weight is 510 g/mol. The largest absolute Gasteiger partial charge is 3.00 e. The second kappa shape index (κ2) is 10.2. The minimum Gasteiger partial charge on any atom is -1.00 e. The summed E-state index contributed by atoms with van der Waals surface area (Å²) in [4.78, 5) is 0.